The van der Waals surface area contributed by atoms with E-state index in [9.17, 15) is 10.5 Å². The van der Waals surface area contributed by atoms with E-state index in [1.54, 1.807) is 0 Å². The van der Waals surface area contributed by atoms with E-state index >= 15 is 0 Å². The lowest BCUT2D eigenvalue weighted by molar-refractivity contribution is 0.477. The highest BCUT2D eigenvalue weighted by atomic mass is 16.5. The minimum absolute atomic E-state index is 0.565. The van der Waals surface area contributed by atoms with Crippen molar-refractivity contribution in [3.8, 4) is 35.1 Å². The van der Waals surface area contributed by atoms with Crippen LogP contribution in [0.5, 0.6) is 23.0 Å². The third-order valence-corrected chi connectivity index (χ3v) is 9.36. The molecule has 0 radical (unpaired) electrons. The van der Waals surface area contributed by atoms with Crippen LogP contribution in [0.4, 0.5) is 34.1 Å². The maximum Gasteiger partial charge on any atom is 0.151 e. The second-order valence-corrected chi connectivity index (χ2v) is 12.0. The average Bonchev–Trinajstić information content (AvgIpc) is 3.14. The van der Waals surface area contributed by atoms with Crippen LogP contribution in [0.2, 0.25) is 0 Å². The van der Waals surface area contributed by atoms with Crippen LogP contribution in [0.25, 0.3) is 32.3 Å². The molecule has 222 valence electrons. The molecule has 10 rings (SSSR count). The van der Waals surface area contributed by atoms with Gasteiger partial charge in [0.25, 0.3) is 0 Å². The van der Waals surface area contributed by atoms with Gasteiger partial charge in [0.2, 0.25) is 0 Å². The topological polar surface area (TPSA) is 72.5 Å². The summed E-state index contributed by atoms with van der Waals surface area (Å²) in [4.78, 5) is 4.34. The van der Waals surface area contributed by atoms with Gasteiger partial charge in [-0.3, -0.25) is 0 Å². The number of para-hydroxylation sites is 8. The molecule has 6 nitrogen and oxygen atoms in total. The molecule has 8 aromatic rings. The number of rotatable bonds is 2. The van der Waals surface area contributed by atoms with Crippen LogP contribution in [0.1, 0.15) is 11.1 Å². The number of fused-ring (bicyclic) bond motifs is 4. The maximum absolute atomic E-state index is 10.6. The zero-order chi connectivity index (χ0) is 31.9. The minimum Gasteiger partial charge on any atom is -0.453 e. The summed E-state index contributed by atoms with van der Waals surface area (Å²) in [7, 11) is 0. The van der Waals surface area contributed by atoms with Gasteiger partial charge in [0.1, 0.15) is 0 Å². The highest BCUT2D eigenvalue weighted by Gasteiger charge is 2.29. The van der Waals surface area contributed by atoms with Crippen LogP contribution in [0.3, 0.4) is 0 Å². The smallest absolute Gasteiger partial charge is 0.151 e. The first-order chi connectivity index (χ1) is 23.7. The van der Waals surface area contributed by atoms with Crippen molar-refractivity contribution in [3.63, 3.8) is 0 Å². The van der Waals surface area contributed by atoms with Gasteiger partial charge in [-0.1, -0.05) is 48.5 Å². The number of hydrogen-bond acceptors (Lipinski definition) is 6. The van der Waals surface area contributed by atoms with E-state index in [2.05, 4.69) is 46.2 Å². The lowest BCUT2D eigenvalue weighted by Crippen LogP contribution is -2.16. The summed E-state index contributed by atoms with van der Waals surface area (Å²) in [5.41, 5.74) is 6.50. The standard InChI is InChI=1S/C42H22N4O2/c43-23-27-18-26-20-30(46-35-11-3-7-15-39(35)48-40-16-8-4-12-36(40)46)22-32-28(24-44)17-25-19-29(21-31(27)41(25)42(26)32)45-33-9-1-5-13-37(33)47-38-14-6-2-10-34(38)45/h1-22H. The molecule has 2 aliphatic heterocycles. The highest BCUT2D eigenvalue weighted by Crippen LogP contribution is 2.54. The summed E-state index contributed by atoms with van der Waals surface area (Å²) < 4.78 is 12.5. The van der Waals surface area contributed by atoms with Crippen LogP contribution in [-0.4, -0.2) is 0 Å². The molecule has 0 aromatic heterocycles. The fourth-order valence-corrected chi connectivity index (χ4v) is 7.38. The lowest BCUT2D eigenvalue weighted by Gasteiger charge is -2.33. The van der Waals surface area contributed by atoms with Gasteiger partial charge in [-0.2, -0.15) is 10.5 Å². The Balaban J connectivity index is 1.26. The van der Waals surface area contributed by atoms with Gasteiger partial charge in [0, 0.05) is 22.1 Å². The monoisotopic (exact) mass is 614 g/mol. The fourth-order valence-electron chi connectivity index (χ4n) is 7.38. The van der Waals surface area contributed by atoms with Crippen LogP contribution < -0.4 is 19.3 Å². The molecule has 0 bridgehead atoms. The molecule has 0 saturated carbocycles. The van der Waals surface area contributed by atoms with E-state index in [1.165, 1.54) is 0 Å². The predicted octanol–water partition coefficient (Wildman–Crippen LogP) is 11.5. The van der Waals surface area contributed by atoms with Crippen molar-refractivity contribution in [2.24, 2.45) is 0 Å². The Hall–Kier alpha value is -7.02. The molecule has 48 heavy (non-hydrogen) atoms. The molecule has 2 heterocycles. The van der Waals surface area contributed by atoms with Gasteiger partial charge in [0.15, 0.2) is 23.0 Å². The Labute approximate surface area is 275 Å². The van der Waals surface area contributed by atoms with Crippen molar-refractivity contribution in [1.82, 2.24) is 0 Å². The van der Waals surface area contributed by atoms with Crippen molar-refractivity contribution in [2.75, 3.05) is 9.80 Å². The second-order valence-electron chi connectivity index (χ2n) is 12.0. The van der Waals surface area contributed by atoms with Crippen LogP contribution in [0, 0.1) is 22.7 Å². The van der Waals surface area contributed by atoms with E-state index in [4.69, 9.17) is 9.47 Å². The van der Waals surface area contributed by atoms with Gasteiger partial charge in [-0.25, -0.2) is 0 Å². The quantitative estimate of drug-likeness (QED) is 0.180. The first kappa shape index (κ1) is 26.2. The van der Waals surface area contributed by atoms with Crippen molar-refractivity contribution < 1.29 is 9.47 Å². The van der Waals surface area contributed by atoms with Crippen molar-refractivity contribution >= 4 is 66.4 Å². The van der Waals surface area contributed by atoms with E-state index in [-0.39, 0.29) is 0 Å². The molecule has 0 unspecified atom stereocenters. The molecular formula is C42H22N4O2. The third-order valence-electron chi connectivity index (χ3n) is 9.36. The first-order valence-corrected chi connectivity index (χ1v) is 15.6. The number of nitriles is 2. The van der Waals surface area contributed by atoms with Crippen molar-refractivity contribution in [1.29, 1.82) is 10.5 Å². The van der Waals surface area contributed by atoms with E-state index < -0.39 is 0 Å². The van der Waals surface area contributed by atoms with Gasteiger partial charge < -0.3 is 19.3 Å². The molecule has 0 saturated heterocycles. The second kappa shape index (κ2) is 9.74. The Morgan fingerprint density at radius 1 is 0.417 bits per heavy atom. The fraction of sp³-hybridized carbons (Fsp3) is 0. The summed E-state index contributed by atoms with van der Waals surface area (Å²) in [5, 5.41) is 26.6. The summed E-state index contributed by atoms with van der Waals surface area (Å²) in [5.74, 6) is 2.99. The molecule has 8 aromatic carbocycles. The van der Waals surface area contributed by atoms with Gasteiger partial charge in [0.05, 0.1) is 46.0 Å². The van der Waals surface area contributed by atoms with Crippen LogP contribution in [-0.2, 0) is 0 Å². The molecule has 0 N–H and O–H groups in total. The lowest BCUT2D eigenvalue weighted by atomic mass is 9.88. The molecule has 6 heteroatoms. The number of nitrogens with zero attached hydrogens (tertiary/aromatic N) is 4. The number of hydrogen-bond donors (Lipinski definition) is 0. The molecule has 0 spiro atoms. The molecule has 2 aliphatic rings. The van der Waals surface area contributed by atoms with E-state index in [0.29, 0.717) is 11.1 Å². The maximum atomic E-state index is 10.6. The third kappa shape index (κ3) is 3.60. The number of benzene rings is 8. The Morgan fingerprint density at radius 2 is 0.750 bits per heavy atom. The number of ether oxygens (including phenoxy) is 2. The van der Waals surface area contributed by atoms with E-state index in [1.807, 2.05) is 109 Å². The van der Waals surface area contributed by atoms with Gasteiger partial charge >= 0.3 is 0 Å². The molecule has 0 aliphatic carbocycles. The minimum atomic E-state index is 0.565. The largest absolute Gasteiger partial charge is 0.453 e. The molecular weight excluding hydrogens is 592 g/mol. The first-order valence-electron chi connectivity index (χ1n) is 15.6. The van der Waals surface area contributed by atoms with Crippen molar-refractivity contribution in [2.45, 2.75) is 0 Å². The predicted molar refractivity (Wildman–Crippen MR) is 189 cm³/mol. The highest BCUT2D eigenvalue weighted by molar-refractivity contribution is 6.27. The average molecular weight is 615 g/mol. The summed E-state index contributed by atoms with van der Waals surface area (Å²) in [6.07, 6.45) is 0. The zero-order valence-corrected chi connectivity index (χ0v) is 25.3. The van der Waals surface area contributed by atoms with E-state index in [0.717, 1.165) is 89.4 Å². The van der Waals surface area contributed by atoms with Crippen LogP contribution in [0.15, 0.2) is 133 Å². The molecule has 0 atom stereocenters. The van der Waals surface area contributed by atoms with Crippen molar-refractivity contribution in [3.05, 3.63) is 145 Å². The SMILES string of the molecule is N#Cc1cc2cc(N3c4ccccc4Oc4ccccc43)cc3c(C#N)cc4cc(N5c6ccccc6Oc6ccccc65)cc1c4c23. The summed E-state index contributed by atoms with van der Waals surface area (Å²) in [6, 6.07) is 49.1. The molecule has 0 fully saturated rings. The number of anilines is 6. The summed E-state index contributed by atoms with van der Waals surface area (Å²) in [6.45, 7) is 0. The van der Waals surface area contributed by atoms with Gasteiger partial charge in [-0.15, -0.1) is 0 Å². The van der Waals surface area contributed by atoms with Gasteiger partial charge in [-0.05, 0) is 106 Å². The normalized spacial score (nSPS) is 12.8. The van der Waals surface area contributed by atoms with Crippen LogP contribution >= 0.6 is 0 Å². The summed E-state index contributed by atoms with van der Waals surface area (Å²) >= 11 is 0. The Morgan fingerprint density at radius 3 is 1.08 bits per heavy atom. The zero-order valence-electron chi connectivity index (χ0n) is 25.3. The Bertz CT molecular complexity index is 2460. The Kier molecular flexibility index (Phi) is 5.32. The molecule has 0 amide bonds.